The third kappa shape index (κ3) is 4.56. The molecule has 28 heavy (non-hydrogen) atoms. The predicted molar refractivity (Wildman–Crippen MR) is 103 cm³/mol. The van der Waals surface area contributed by atoms with E-state index in [9.17, 15) is 18.7 Å². The number of benzene rings is 2. The fourth-order valence-corrected chi connectivity index (χ4v) is 3.57. The number of likely N-dealkylation sites (tertiary alicyclic amines) is 1. The van der Waals surface area contributed by atoms with Gasteiger partial charge >= 0.3 is 0 Å². The number of rotatable bonds is 7. The van der Waals surface area contributed by atoms with Crippen molar-refractivity contribution in [1.82, 2.24) is 4.90 Å². The van der Waals surface area contributed by atoms with Crippen LogP contribution in [-0.2, 0) is 5.60 Å². The van der Waals surface area contributed by atoms with Crippen LogP contribution in [0.25, 0.3) is 0 Å². The van der Waals surface area contributed by atoms with E-state index < -0.39 is 30.3 Å². The van der Waals surface area contributed by atoms with Crippen molar-refractivity contribution < 1.29 is 23.4 Å². The number of carbonyl (C=O) groups is 1. The molecule has 0 aliphatic carbocycles. The molecule has 2 aromatic rings. The molecule has 1 saturated heterocycles. The second kappa shape index (κ2) is 8.80. The summed E-state index contributed by atoms with van der Waals surface area (Å²) in [5, 5.41) is 10.9. The van der Waals surface area contributed by atoms with Gasteiger partial charge in [-0.1, -0.05) is 42.5 Å². The summed E-state index contributed by atoms with van der Waals surface area (Å²) in [7, 11) is 1.57. The number of hydrogen-bond donors (Lipinski definition) is 1. The van der Waals surface area contributed by atoms with E-state index in [1.54, 1.807) is 49.6 Å². The number of alkyl halides is 2. The van der Waals surface area contributed by atoms with E-state index in [-0.39, 0.29) is 18.7 Å². The van der Waals surface area contributed by atoms with Gasteiger partial charge in [-0.2, -0.15) is 0 Å². The highest BCUT2D eigenvalue weighted by atomic mass is 19.1. The van der Waals surface area contributed by atoms with Crippen LogP contribution in [0.15, 0.2) is 54.6 Å². The fraction of sp³-hybridized carbons (Fsp3) is 0.409. The lowest BCUT2D eigenvalue weighted by molar-refractivity contribution is -0.0586. The molecule has 1 aliphatic rings. The molecule has 0 bridgehead atoms. The molecule has 2 unspecified atom stereocenters. The second-order valence-electron chi connectivity index (χ2n) is 7.16. The number of ether oxygens (including phenoxy) is 1. The number of piperidine rings is 1. The number of methoxy groups -OCH3 is 1. The van der Waals surface area contributed by atoms with E-state index in [4.69, 9.17) is 4.74 Å². The zero-order valence-electron chi connectivity index (χ0n) is 15.9. The Morgan fingerprint density at radius 3 is 2.29 bits per heavy atom. The molecule has 2 aromatic carbocycles. The molecule has 1 fully saturated rings. The van der Waals surface area contributed by atoms with E-state index in [0.29, 0.717) is 18.6 Å². The van der Waals surface area contributed by atoms with Crippen LogP contribution in [0.4, 0.5) is 8.78 Å². The molecule has 3 rings (SSSR count). The van der Waals surface area contributed by atoms with Crippen LogP contribution in [0.5, 0.6) is 5.75 Å². The van der Waals surface area contributed by atoms with Gasteiger partial charge in [0.2, 0.25) is 0 Å². The average molecular weight is 389 g/mol. The highest BCUT2D eigenvalue weighted by molar-refractivity contribution is 5.99. The molecular formula is C22H25F2NO3. The molecule has 0 saturated carbocycles. The first-order valence-electron chi connectivity index (χ1n) is 9.41. The first kappa shape index (κ1) is 20.4. The summed E-state index contributed by atoms with van der Waals surface area (Å²) in [5.74, 6) is 0.000626. The Morgan fingerprint density at radius 1 is 1.11 bits per heavy atom. The quantitative estimate of drug-likeness (QED) is 0.577. The van der Waals surface area contributed by atoms with Crippen LogP contribution in [0.3, 0.4) is 0 Å². The summed E-state index contributed by atoms with van der Waals surface area (Å²) in [6.45, 7) is 0.575. The summed E-state index contributed by atoms with van der Waals surface area (Å²) < 4.78 is 34.0. The minimum Gasteiger partial charge on any atom is -0.497 e. The van der Waals surface area contributed by atoms with Gasteiger partial charge in [-0.15, -0.1) is 0 Å². The highest BCUT2D eigenvalue weighted by Gasteiger charge is 2.37. The Balaban J connectivity index is 1.55. The predicted octanol–water partition coefficient (Wildman–Crippen LogP) is 3.89. The lowest BCUT2D eigenvalue weighted by Gasteiger charge is -2.40. The Morgan fingerprint density at radius 2 is 1.71 bits per heavy atom. The van der Waals surface area contributed by atoms with E-state index in [1.807, 2.05) is 0 Å². The molecule has 1 heterocycles. The average Bonchev–Trinajstić information content (AvgIpc) is 2.74. The van der Waals surface area contributed by atoms with Gasteiger partial charge in [0.15, 0.2) is 18.3 Å². The van der Waals surface area contributed by atoms with Crippen LogP contribution >= 0.6 is 0 Å². The molecule has 0 aromatic heterocycles. The van der Waals surface area contributed by atoms with Crippen molar-refractivity contribution in [3.8, 4) is 5.75 Å². The van der Waals surface area contributed by atoms with Crippen LogP contribution in [-0.4, -0.2) is 48.5 Å². The molecule has 2 atom stereocenters. The summed E-state index contributed by atoms with van der Waals surface area (Å²) in [6, 6.07) is 15.3. The van der Waals surface area contributed by atoms with Gasteiger partial charge in [0.05, 0.1) is 12.7 Å². The minimum atomic E-state index is -1.89. The Kier molecular flexibility index (Phi) is 6.42. The smallest absolute Gasteiger partial charge is 0.197 e. The van der Waals surface area contributed by atoms with E-state index in [2.05, 4.69) is 0 Å². The number of nitrogens with zero attached hydrogens (tertiary/aromatic N) is 1. The number of carbonyl (C=O) groups excluding carboxylic acids is 1. The zero-order valence-corrected chi connectivity index (χ0v) is 15.9. The molecule has 150 valence electrons. The number of hydrogen-bond acceptors (Lipinski definition) is 4. The van der Waals surface area contributed by atoms with Gasteiger partial charge in [0.1, 0.15) is 5.75 Å². The Labute approximate surface area is 163 Å². The van der Waals surface area contributed by atoms with Crippen molar-refractivity contribution in [2.75, 3.05) is 20.2 Å². The maximum atomic E-state index is 14.6. The van der Waals surface area contributed by atoms with Crippen LogP contribution < -0.4 is 4.74 Å². The Hall–Kier alpha value is -2.31. The Bertz CT molecular complexity index is 774. The number of Topliss-reactive ketones (excluding diaryl/α,β-unsaturated/α-hetero) is 1. The maximum absolute atomic E-state index is 14.6. The van der Waals surface area contributed by atoms with Gasteiger partial charge in [0.25, 0.3) is 0 Å². The normalized spacial score (nSPS) is 19.0. The summed E-state index contributed by atoms with van der Waals surface area (Å²) in [6.07, 6.45) is -3.29. The molecule has 0 amide bonds. The molecular weight excluding hydrogens is 364 g/mol. The first-order chi connectivity index (χ1) is 13.4. The second-order valence-corrected chi connectivity index (χ2v) is 7.16. The summed E-state index contributed by atoms with van der Waals surface area (Å²) in [4.78, 5) is 13.6. The van der Waals surface area contributed by atoms with Crippen molar-refractivity contribution in [3.05, 3.63) is 65.7 Å². The molecule has 1 aliphatic heterocycles. The third-order valence-corrected chi connectivity index (χ3v) is 5.39. The van der Waals surface area contributed by atoms with Crippen LogP contribution in [0.1, 0.15) is 35.2 Å². The summed E-state index contributed by atoms with van der Waals surface area (Å²) in [5.41, 5.74) is -0.0435. The monoisotopic (exact) mass is 389 g/mol. The topological polar surface area (TPSA) is 49.8 Å². The largest absolute Gasteiger partial charge is 0.497 e. The van der Waals surface area contributed by atoms with Crippen molar-refractivity contribution in [1.29, 1.82) is 0 Å². The van der Waals surface area contributed by atoms with Gasteiger partial charge in [-0.3, -0.25) is 9.69 Å². The number of aliphatic hydroxyl groups is 1. The fourth-order valence-electron chi connectivity index (χ4n) is 3.57. The van der Waals surface area contributed by atoms with Crippen molar-refractivity contribution >= 4 is 5.78 Å². The zero-order chi connectivity index (χ0) is 20.1. The van der Waals surface area contributed by atoms with E-state index >= 15 is 0 Å². The third-order valence-electron chi connectivity index (χ3n) is 5.39. The molecule has 4 nitrogen and oxygen atoms in total. The molecule has 0 radical (unpaired) electrons. The molecule has 6 heteroatoms. The van der Waals surface area contributed by atoms with Gasteiger partial charge in [0, 0.05) is 25.1 Å². The van der Waals surface area contributed by atoms with Gasteiger partial charge in [-0.25, -0.2) is 8.78 Å². The highest BCUT2D eigenvalue weighted by Crippen LogP contribution is 2.35. The lowest BCUT2D eigenvalue weighted by Crippen LogP contribution is -2.46. The van der Waals surface area contributed by atoms with Crippen LogP contribution in [0.2, 0.25) is 0 Å². The van der Waals surface area contributed by atoms with E-state index in [0.717, 1.165) is 5.56 Å². The first-order valence-corrected chi connectivity index (χ1v) is 9.41. The maximum Gasteiger partial charge on any atom is 0.197 e. The number of halogens is 2. The minimum absolute atomic E-state index is 0.245. The molecule has 0 spiro atoms. The van der Waals surface area contributed by atoms with E-state index in [1.165, 1.54) is 17.0 Å². The SMILES string of the molecule is COc1ccc(C2(O)CCN(C(F)CC(F)C(=O)c3ccccc3)CC2)cc1. The van der Waals surface area contributed by atoms with Gasteiger partial charge in [-0.05, 0) is 30.5 Å². The van der Waals surface area contributed by atoms with Crippen molar-refractivity contribution in [3.63, 3.8) is 0 Å². The van der Waals surface area contributed by atoms with Crippen molar-refractivity contribution in [2.45, 2.75) is 37.3 Å². The number of ketones is 1. The molecule has 1 N–H and O–H groups in total. The summed E-state index contributed by atoms with van der Waals surface area (Å²) >= 11 is 0. The van der Waals surface area contributed by atoms with Crippen molar-refractivity contribution in [2.24, 2.45) is 0 Å². The van der Waals surface area contributed by atoms with Crippen LogP contribution in [0, 0.1) is 0 Å². The lowest BCUT2D eigenvalue weighted by atomic mass is 9.84. The van der Waals surface area contributed by atoms with Gasteiger partial charge < -0.3 is 9.84 Å². The standard InChI is InChI=1S/C22H25F2NO3/c1-28-18-9-7-17(8-10-18)22(27)11-13-25(14-12-22)20(24)15-19(23)21(26)16-5-3-2-4-6-16/h2-10,19-20,27H,11-15H2,1H3.